The fraction of sp³-hybridized carbons (Fsp3) is 0.500. The summed E-state index contributed by atoms with van der Waals surface area (Å²) in [6.45, 7) is 1.21. The van der Waals surface area contributed by atoms with Crippen LogP contribution in [0, 0.1) is 17.7 Å². The van der Waals surface area contributed by atoms with Gasteiger partial charge in [0.2, 0.25) is 11.8 Å². The van der Waals surface area contributed by atoms with Crippen molar-refractivity contribution in [1.29, 1.82) is 0 Å². The van der Waals surface area contributed by atoms with Crippen LogP contribution in [0.3, 0.4) is 0 Å². The number of piperidine rings is 1. The minimum Gasteiger partial charge on any atom is -0.342 e. The summed E-state index contributed by atoms with van der Waals surface area (Å²) >= 11 is 5.71. The van der Waals surface area contributed by atoms with Crippen LogP contribution >= 0.6 is 11.6 Å². The number of amides is 2. The molecular weight excluding hydrogens is 307 g/mol. The number of nitrogens with one attached hydrogen (secondary N) is 1. The van der Waals surface area contributed by atoms with E-state index in [1.807, 2.05) is 4.90 Å². The molecule has 1 aliphatic carbocycles. The summed E-state index contributed by atoms with van der Waals surface area (Å²) in [6.07, 6.45) is 3.54. The second-order valence-electron chi connectivity index (χ2n) is 6.02. The molecule has 1 heterocycles. The van der Waals surface area contributed by atoms with E-state index in [9.17, 15) is 14.0 Å². The standard InChI is InChI=1S/C16H18ClFN2O2/c17-13-8-12(5-6-14(13)18)19-15(21)11-2-1-7-20(9-11)16(22)10-3-4-10/h5-6,8,10-11H,1-4,7,9H2,(H,19,21)/t11-/m0/s1. The molecule has 6 heteroatoms. The third-order valence-corrected chi connectivity index (χ3v) is 4.51. The summed E-state index contributed by atoms with van der Waals surface area (Å²) < 4.78 is 13.1. The van der Waals surface area contributed by atoms with Gasteiger partial charge in [0.05, 0.1) is 10.9 Å². The average Bonchev–Trinajstić information content (AvgIpc) is 3.35. The Bertz CT molecular complexity index is 604. The summed E-state index contributed by atoms with van der Waals surface area (Å²) in [5.74, 6) is -0.519. The van der Waals surface area contributed by atoms with Gasteiger partial charge in [-0.25, -0.2) is 4.39 Å². The quantitative estimate of drug-likeness (QED) is 0.929. The van der Waals surface area contributed by atoms with E-state index in [0.29, 0.717) is 12.2 Å². The Balaban J connectivity index is 1.61. The van der Waals surface area contributed by atoms with Crippen molar-refractivity contribution in [2.75, 3.05) is 18.4 Å². The fourth-order valence-electron chi connectivity index (χ4n) is 2.80. The normalized spacial score (nSPS) is 21.5. The first-order valence-corrected chi connectivity index (χ1v) is 7.97. The second-order valence-corrected chi connectivity index (χ2v) is 6.42. The van der Waals surface area contributed by atoms with E-state index >= 15 is 0 Å². The van der Waals surface area contributed by atoms with E-state index in [2.05, 4.69) is 5.32 Å². The molecular formula is C16H18ClFN2O2. The molecule has 22 heavy (non-hydrogen) atoms. The SMILES string of the molecule is O=C(Nc1ccc(F)c(Cl)c1)[C@H]1CCCN(C(=O)C2CC2)C1. The monoisotopic (exact) mass is 324 g/mol. The van der Waals surface area contributed by atoms with Crippen molar-refractivity contribution in [1.82, 2.24) is 4.90 Å². The molecule has 1 saturated heterocycles. The van der Waals surface area contributed by atoms with Gasteiger partial charge in [0.25, 0.3) is 0 Å². The number of halogens is 2. The largest absolute Gasteiger partial charge is 0.342 e. The van der Waals surface area contributed by atoms with Gasteiger partial charge in [0, 0.05) is 24.7 Å². The van der Waals surface area contributed by atoms with Gasteiger partial charge < -0.3 is 10.2 Å². The Morgan fingerprint density at radius 3 is 2.68 bits per heavy atom. The Morgan fingerprint density at radius 2 is 2.00 bits per heavy atom. The molecule has 0 bridgehead atoms. The third kappa shape index (κ3) is 3.40. The van der Waals surface area contributed by atoms with Crippen molar-refractivity contribution in [3.8, 4) is 0 Å². The van der Waals surface area contributed by atoms with Crippen molar-refractivity contribution in [2.24, 2.45) is 11.8 Å². The molecule has 0 spiro atoms. The number of hydrogen-bond donors (Lipinski definition) is 1. The van der Waals surface area contributed by atoms with Crippen LogP contribution in [0.15, 0.2) is 18.2 Å². The fourth-order valence-corrected chi connectivity index (χ4v) is 2.98. The Hall–Kier alpha value is -1.62. The maximum Gasteiger partial charge on any atom is 0.229 e. The molecule has 1 aromatic rings. The van der Waals surface area contributed by atoms with Crippen LogP contribution in [0.4, 0.5) is 10.1 Å². The maximum absolute atomic E-state index is 13.1. The molecule has 1 atom stereocenters. The highest BCUT2D eigenvalue weighted by Gasteiger charge is 2.36. The molecule has 118 valence electrons. The summed E-state index contributed by atoms with van der Waals surface area (Å²) in [7, 11) is 0. The van der Waals surface area contributed by atoms with Crippen LogP contribution in [0.1, 0.15) is 25.7 Å². The average molecular weight is 325 g/mol. The van der Waals surface area contributed by atoms with E-state index in [4.69, 9.17) is 11.6 Å². The summed E-state index contributed by atoms with van der Waals surface area (Å²) in [4.78, 5) is 26.2. The van der Waals surface area contributed by atoms with Crippen LogP contribution < -0.4 is 5.32 Å². The molecule has 0 radical (unpaired) electrons. The smallest absolute Gasteiger partial charge is 0.229 e. The lowest BCUT2D eigenvalue weighted by atomic mass is 9.96. The van der Waals surface area contributed by atoms with Crippen molar-refractivity contribution in [2.45, 2.75) is 25.7 Å². The highest BCUT2D eigenvalue weighted by Crippen LogP contribution is 2.32. The molecule has 2 amide bonds. The van der Waals surface area contributed by atoms with Crippen LogP contribution in [-0.2, 0) is 9.59 Å². The Kier molecular flexibility index (Phi) is 4.34. The number of likely N-dealkylation sites (tertiary alicyclic amines) is 1. The number of hydrogen-bond acceptors (Lipinski definition) is 2. The van der Waals surface area contributed by atoms with E-state index in [1.165, 1.54) is 18.2 Å². The molecule has 0 aromatic heterocycles. The van der Waals surface area contributed by atoms with Crippen LogP contribution in [0.25, 0.3) is 0 Å². The van der Waals surface area contributed by atoms with E-state index in [-0.39, 0.29) is 28.7 Å². The van der Waals surface area contributed by atoms with E-state index < -0.39 is 5.82 Å². The number of nitrogens with zero attached hydrogens (tertiary/aromatic N) is 1. The topological polar surface area (TPSA) is 49.4 Å². The molecule has 2 aliphatic rings. The van der Waals surface area contributed by atoms with Crippen LogP contribution in [0.5, 0.6) is 0 Å². The first-order valence-electron chi connectivity index (χ1n) is 7.59. The zero-order chi connectivity index (χ0) is 15.7. The van der Waals surface area contributed by atoms with Gasteiger partial charge in [-0.1, -0.05) is 11.6 Å². The lowest BCUT2D eigenvalue weighted by molar-refractivity contribution is -0.135. The van der Waals surface area contributed by atoms with E-state index in [0.717, 1.165) is 32.2 Å². The van der Waals surface area contributed by atoms with Gasteiger partial charge in [0.15, 0.2) is 0 Å². The van der Waals surface area contributed by atoms with Gasteiger partial charge in [-0.15, -0.1) is 0 Å². The lowest BCUT2D eigenvalue weighted by Crippen LogP contribution is -2.44. The summed E-state index contributed by atoms with van der Waals surface area (Å²) in [5, 5.41) is 2.73. The Labute approximate surface area is 133 Å². The molecule has 1 aliphatic heterocycles. The van der Waals surface area contributed by atoms with E-state index in [1.54, 1.807) is 0 Å². The van der Waals surface area contributed by atoms with Crippen LogP contribution in [-0.4, -0.2) is 29.8 Å². The first kappa shape index (κ1) is 15.3. The summed E-state index contributed by atoms with van der Waals surface area (Å²) in [6, 6.07) is 4.10. The maximum atomic E-state index is 13.1. The van der Waals surface area contributed by atoms with Crippen LogP contribution in [0.2, 0.25) is 5.02 Å². The molecule has 2 fully saturated rings. The zero-order valence-electron chi connectivity index (χ0n) is 12.1. The molecule has 1 saturated carbocycles. The number of carbonyl (C=O) groups excluding carboxylic acids is 2. The second kappa shape index (κ2) is 6.24. The van der Waals surface area contributed by atoms with Gasteiger partial charge in [-0.05, 0) is 43.9 Å². The number of anilines is 1. The highest BCUT2D eigenvalue weighted by molar-refractivity contribution is 6.31. The zero-order valence-corrected chi connectivity index (χ0v) is 12.9. The Morgan fingerprint density at radius 1 is 1.23 bits per heavy atom. The van der Waals surface area contributed by atoms with Gasteiger partial charge in [-0.2, -0.15) is 0 Å². The minimum atomic E-state index is -0.515. The number of rotatable bonds is 3. The van der Waals surface area contributed by atoms with Gasteiger partial charge >= 0.3 is 0 Å². The van der Waals surface area contributed by atoms with Gasteiger partial charge in [0.1, 0.15) is 5.82 Å². The minimum absolute atomic E-state index is 0.0213. The van der Waals surface area contributed by atoms with Crippen molar-refractivity contribution < 1.29 is 14.0 Å². The number of benzene rings is 1. The molecule has 0 unspecified atom stereocenters. The highest BCUT2D eigenvalue weighted by atomic mass is 35.5. The van der Waals surface area contributed by atoms with Crippen molar-refractivity contribution in [3.05, 3.63) is 29.0 Å². The van der Waals surface area contributed by atoms with Gasteiger partial charge in [-0.3, -0.25) is 9.59 Å². The summed E-state index contributed by atoms with van der Waals surface area (Å²) in [5.41, 5.74) is 0.474. The molecule has 3 rings (SSSR count). The predicted octanol–water partition coefficient (Wildman–Crippen LogP) is 3.07. The predicted molar refractivity (Wildman–Crippen MR) is 82.1 cm³/mol. The molecule has 1 N–H and O–H groups in total. The number of carbonyl (C=O) groups is 2. The third-order valence-electron chi connectivity index (χ3n) is 4.22. The lowest BCUT2D eigenvalue weighted by Gasteiger charge is -2.32. The first-order chi connectivity index (χ1) is 10.5. The van der Waals surface area contributed by atoms with Crippen molar-refractivity contribution >= 4 is 29.1 Å². The molecule has 4 nitrogen and oxygen atoms in total. The van der Waals surface area contributed by atoms with Crippen molar-refractivity contribution in [3.63, 3.8) is 0 Å². The molecule has 1 aromatic carbocycles.